The lowest BCUT2D eigenvalue weighted by molar-refractivity contribution is -0.116. The molecular weight excluding hydrogens is 381 g/mol. The van der Waals surface area contributed by atoms with Crippen LogP contribution in [-0.4, -0.2) is 15.5 Å². The van der Waals surface area contributed by atoms with Crippen LogP contribution in [0.25, 0.3) is 11.4 Å². The molecule has 0 unspecified atom stereocenters. The van der Waals surface area contributed by atoms with Gasteiger partial charge in [0.2, 0.25) is 5.91 Å². The van der Waals surface area contributed by atoms with Crippen molar-refractivity contribution in [1.29, 1.82) is 0 Å². The van der Waals surface area contributed by atoms with Gasteiger partial charge in [-0.3, -0.25) is 14.2 Å². The highest BCUT2D eigenvalue weighted by atomic mass is 35.5. The first kappa shape index (κ1) is 19.8. The van der Waals surface area contributed by atoms with E-state index in [0.29, 0.717) is 28.4 Å². The Kier molecular flexibility index (Phi) is 5.90. The summed E-state index contributed by atoms with van der Waals surface area (Å²) >= 11 is 6.15. The van der Waals surface area contributed by atoms with Gasteiger partial charge in [-0.1, -0.05) is 42.8 Å². The summed E-state index contributed by atoms with van der Waals surface area (Å²) < 4.78 is 14.9. The molecule has 2 aromatic carbocycles. The number of hydrogen-bond acceptors (Lipinski definition) is 3. The Hall–Kier alpha value is -2.99. The summed E-state index contributed by atoms with van der Waals surface area (Å²) in [5, 5.41) is 3.15. The van der Waals surface area contributed by atoms with E-state index in [9.17, 15) is 14.0 Å². The summed E-state index contributed by atoms with van der Waals surface area (Å²) in [6.45, 7) is 3.42. The van der Waals surface area contributed by atoms with E-state index in [0.717, 1.165) is 5.56 Å². The van der Waals surface area contributed by atoms with Crippen molar-refractivity contribution in [3.05, 3.63) is 81.0 Å². The number of amides is 1. The zero-order valence-corrected chi connectivity index (χ0v) is 16.3. The minimum absolute atomic E-state index is 0.245. The molecule has 0 aliphatic heterocycles. The van der Waals surface area contributed by atoms with Gasteiger partial charge in [0, 0.05) is 17.3 Å². The molecule has 0 saturated heterocycles. The van der Waals surface area contributed by atoms with Crippen molar-refractivity contribution < 1.29 is 9.18 Å². The highest BCUT2D eigenvalue weighted by Crippen LogP contribution is 2.25. The number of aromatic nitrogens is 2. The van der Waals surface area contributed by atoms with Gasteiger partial charge in [-0.2, -0.15) is 0 Å². The number of halogens is 2. The van der Waals surface area contributed by atoms with Crippen LogP contribution in [0.2, 0.25) is 5.02 Å². The van der Waals surface area contributed by atoms with Gasteiger partial charge in [-0.25, -0.2) is 9.37 Å². The summed E-state index contributed by atoms with van der Waals surface area (Å²) in [6, 6.07) is 12.4. The number of hydrogen-bond donors (Lipinski definition) is 1. The third-order valence-corrected chi connectivity index (χ3v) is 4.61. The van der Waals surface area contributed by atoms with Crippen LogP contribution in [0.5, 0.6) is 0 Å². The highest BCUT2D eigenvalue weighted by Gasteiger charge is 2.15. The van der Waals surface area contributed by atoms with Gasteiger partial charge in [-0.15, -0.1) is 0 Å². The van der Waals surface area contributed by atoms with E-state index < -0.39 is 11.7 Å². The molecule has 0 saturated carbocycles. The Labute approximate surface area is 166 Å². The van der Waals surface area contributed by atoms with Gasteiger partial charge >= 0.3 is 0 Å². The van der Waals surface area contributed by atoms with Gasteiger partial charge in [0.1, 0.15) is 18.2 Å². The molecule has 1 heterocycles. The molecule has 1 aromatic heterocycles. The maximum Gasteiger partial charge on any atom is 0.254 e. The van der Waals surface area contributed by atoms with Crippen molar-refractivity contribution in [1.82, 2.24) is 9.55 Å². The van der Waals surface area contributed by atoms with Crippen molar-refractivity contribution in [2.24, 2.45) is 0 Å². The van der Waals surface area contributed by atoms with E-state index in [4.69, 9.17) is 11.6 Å². The summed E-state index contributed by atoms with van der Waals surface area (Å²) in [4.78, 5) is 29.7. The fraction of sp³-hybridized carbons (Fsp3) is 0.190. The normalized spacial score (nSPS) is 10.7. The summed E-state index contributed by atoms with van der Waals surface area (Å²) in [5.41, 5.74) is 1.92. The van der Waals surface area contributed by atoms with Crippen LogP contribution in [0.15, 0.2) is 53.3 Å². The van der Waals surface area contributed by atoms with Crippen LogP contribution >= 0.6 is 11.6 Å². The number of benzene rings is 2. The predicted molar refractivity (Wildman–Crippen MR) is 108 cm³/mol. The van der Waals surface area contributed by atoms with Gasteiger partial charge in [0.15, 0.2) is 0 Å². The SMILES string of the molecule is CCc1cc(=O)n(CC(=O)Nc2c(C)cccc2Cl)c(-c2cccc(F)c2)n1. The standard InChI is InChI=1S/C21H19ClFN3O2/c1-3-16-11-19(28)26(21(24-16)14-7-5-8-15(23)10-14)12-18(27)25-20-13(2)6-4-9-17(20)22/h4-11H,3,12H2,1-2H3,(H,25,27). The first-order valence-electron chi connectivity index (χ1n) is 8.80. The first-order chi connectivity index (χ1) is 13.4. The third kappa shape index (κ3) is 4.28. The zero-order valence-electron chi connectivity index (χ0n) is 15.5. The van der Waals surface area contributed by atoms with E-state index in [1.54, 1.807) is 18.2 Å². The number of nitrogens with one attached hydrogen (secondary N) is 1. The molecule has 0 radical (unpaired) electrons. The van der Waals surface area contributed by atoms with E-state index in [2.05, 4.69) is 10.3 Å². The van der Waals surface area contributed by atoms with Crippen LogP contribution in [-0.2, 0) is 17.8 Å². The Morgan fingerprint density at radius 3 is 2.64 bits per heavy atom. The highest BCUT2D eigenvalue weighted by molar-refractivity contribution is 6.33. The maximum atomic E-state index is 13.7. The van der Waals surface area contributed by atoms with E-state index in [1.807, 2.05) is 19.9 Å². The zero-order chi connectivity index (χ0) is 20.3. The molecule has 0 atom stereocenters. The lowest BCUT2D eigenvalue weighted by Gasteiger charge is -2.15. The van der Waals surface area contributed by atoms with Crippen LogP contribution in [0.1, 0.15) is 18.2 Å². The predicted octanol–water partition coefficient (Wildman–Crippen LogP) is 4.21. The van der Waals surface area contributed by atoms with E-state index in [1.165, 1.54) is 28.8 Å². The molecule has 5 nitrogen and oxygen atoms in total. The van der Waals surface area contributed by atoms with Crippen molar-refractivity contribution >= 4 is 23.2 Å². The number of carbonyl (C=O) groups excluding carboxylic acids is 1. The number of aryl methyl sites for hydroxylation is 2. The Bertz CT molecular complexity index is 1070. The summed E-state index contributed by atoms with van der Waals surface area (Å²) in [5.74, 6) is -0.631. The van der Waals surface area contributed by atoms with Crippen LogP contribution in [0, 0.1) is 12.7 Å². The summed E-state index contributed by atoms with van der Waals surface area (Å²) in [7, 11) is 0. The van der Waals surface area contributed by atoms with Crippen LogP contribution < -0.4 is 10.9 Å². The molecular formula is C21H19ClFN3O2. The Balaban J connectivity index is 1.99. The monoisotopic (exact) mass is 399 g/mol. The number of para-hydroxylation sites is 1. The Morgan fingerprint density at radius 2 is 1.96 bits per heavy atom. The fourth-order valence-corrected chi connectivity index (χ4v) is 3.12. The maximum absolute atomic E-state index is 13.7. The van der Waals surface area contributed by atoms with Crippen molar-refractivity contribution in [3.8, 4) is 11.4 Å². The van der Waals surface area contributed by atoms with Gasteiger partial charge in [0.25, 0.3) is 5.56 Å². The summed E-state index contributed by atoms with van der Waals surface area (Å²) in [6.07, 6.45) is 0.545. The van der Waals surface area contributed by atoms with Crippen molar-refractivity contribution in [2.45, 2.75) is 26.8 Å². The quantitative estimate of drug-likeness (QED) is 0.698. The molecule has 0 aliphatic carbocycles. The fourth-order valence-electron chi connectivity index (χ4n) is 2.85. The lowest BCUT2D eigenvalue weighted by Crippen LogP contribution is -2.30. The molecule has 3 aromatic rings. The van der Waals surface area contributed by atoms with Crippen LogP contribution in [0.4, 0.5) is 10.1 Å². The molecule has 1 N–H and O–H groups in total. The van der Waals surface area contributed by atoms with Crippen molar-refractivity contribution in [3.63, 3.8) is 0 Å². The topological polar surface area (TPSA) is 64.0 Å². The molecule has 0 bridgehead atoms. The average molecular weight is 400 g/mol. The first-order valence-corrected chi connectivity index (χ1v) is 9.18. The van der Waals surface area contributed by atoms with E-state index in [-0.39, 0.29) is 17.9 Å². The molecule has 0 spiro atoms. The second-order valence-electron chi connectivity index (χ2n) is 6.34. The average Bonchev–Trinajstić information content (AvgIpc) is 2.66. The molecule has 1 amide bonds. The lowest BCUT2D eigenvalue weighted by atomic mass is 10.2. The molecule has 3 rings (SSSR count). The number of rotatable bonds is 5. The molecule has 28 heavy (non-hydrogen) atoms. The smallest absolute Gasteiger partial charge is 0.254 e. The van der Waals surface area contributed by atoms with Crippen molar-refractivity contribution in [2.75, 3.05) is 5.32 Å². The second kappa shape index (κ2) is 8.35. The molecule has 144 valence electrons. The van der Waals surface area contributed by atoms with E-state index >= 15 is 0 Å². The second-order valence-corrected chi connectivity index (χ2v) is 6.75. The number of carbonyl (C=O) groups is 1. The van der Waals surface area contributed by atoms with Gasteiger partial charge in [0.05, 0.1) is 10.7 Å². The minimum atomic E-state index is -0.448. The number of nitrogens with zero attached hydrogens (tertiary/aromatic N) is 2. The van der Waals surface area contributed by atoms with Gasteiger partial charge in [-0.05, 0) is 37.1 Å². The molecule has 0 aliphatic rings. The largest absolute Gasteiger partial charge is 0.323 e. The Morgan fingerprint density at radius 1 is 1.21 bits per heavy atom. The van der Waals surface area contributed by atoms with Gasteiger partial charge < -0.3 is 5.32 Å². The molecule has 7 heteroatoms. The molecule has 0 fully saturated rings. The van der Waals surface area contributed by atoms with Crippen LogP contribution in [0.3, 0.4) is 0 Å². The minimum Gasteiger partial charge on any atom is -0.323 e. The number of anilines is 1. The third-order valence-electron chi connectivity index (χ3n) is 4.29.